The smallest absolute Gasteiger partial charge is 0.383 e. The number of nitrogens with two attached hydrogens (primary N) is 1. The highest BCUT2D eigenvalue weighted by Gasteiger charge is 2.30. The van der Waals surface area contributed by atoms with E-state index in [2.05, 4.69) is 25.3 Å². The summed E-state index contributed by atoms with van der Waals surface area (Å²) in [6.07, 6.45) is -2.04. The molecule has 3 aromatic heterocycles. The fourth-order valence-electron chi connectivity index (χ4n) is 3.08. The molecule has 154 valence electrons. The Morgan fingerprint density at radius 3 is 2.47 bits per heavy atom. The van der Waals surface area contributed by atoms with E-state index in [1.54, 1.807) is 10.8 Å². The van der Waals surface area contributed by atoms with Gasteiger partial charge in [-0.2, -0.15) is 23.1 Å². The molecule has 0 saturated carbocycles. The summed E-state index contributed by atoms with van der Waals surface area (Å²) < 4.78 is 40.1. The highest BCUT2D eigenvalue weighted by atomic mass is 19.4. The monoisotopic (exact) mass is 413 g/mol. The summed E-state index contributed by atoms with van der Waals surface area (Å²) in [6.45, 7) is 3.88. The Balaban J connectivity index is 1.74. The number of pyridine rings is 1. The minimum atomic E-state index is -4.39. The molecule has 10 heteroatoms. The molecule has 0 aliphatic heterocycles. The lowest BCUT2D eigenvalue weighted by Gasteiger charge is -2.12. The van der Waals surface area contributed by atoms with Crippen LogP contribution in [0.1, 0.15) is 23.9 Å². The van der Waals surface area contributed by atoms with Crippen LogP contribution in [0.3, 0.4) is 0 Å². The molecule has 0 aliphatic carbocycles. The van der Waals surface area contributed by atoms with E-state index >= 15 is 0 Å². The predicted octanol–water partition coefficient (Wildman–Crippen LogP) is 4.43. The molecular weight excluding hydrogens is 395 g/mol. The molecular formula is C20H18F3N7. The van der Waals surface area contributed by atoms with Crippen LogP contribution in [0.25, 0.3) is 17.1 Å². The van der Waals surface area contributed by atoms with Crippen molar-refractivity contribution in [2.45, 2.75) is 26.4 Å². The van der Waals surface area contributed by atoms with Crippen molar-refractivity contribution in [3.05, 3.63) is 59.5 Å². The van der Waals surface area contributed by atoms with Gasteiger partial charge in [0, 0.05) is 24.4 Å². The number of aryl methyl sites for hydroxylation is 2. The topological polar surface area (TPSA) is 94.5 Å². The molecule has 0 aliphatic rings. The maximum absolute atomic E-state index is 12.8. The molecule has 30 heavy (non-hydrogen) atoms. The molecule has 3 N–H and O–H groups in total. The Labute approximate surface area is 169 Å². The number of hydrogen-bond acceptors (Lipinski definition) is 6. The van der Waals surface area contributed by atoms with E-state index in [1.165, 1.54) is 18.2 Å². The van der Waals surface area contributed by atoms with E-state index in [0.29, 0.717) is 35.3 Å². The Hall–Kier alpha value is -3.69. The van der Waals surface area contributed by atoms with Crippen LogP contribution in [0, 0.1) is 6.92 Å². The van der Waals surface area contributed by atoms with Crippen LogP contribution in [-0.2, 0) is 12.6 Å². The highest BCUT2D eigenvalue weighted by molar-refractivity contribution is 5.74. The van der Waals surface area contributed by atoms with Gasteiger partial charge in [0.05, 0.1) is 11.1 Å². The molecule has 0 unspecified atom stereocenters. The lowest BCUT2D eigenvalue weighted by Crippen LogP contribution is -2.09. The summed E-state index contributed by atoms with van der Waals surface area (Å²) in [5.74, 6) is 1.58. The van der Waals surface area contributed by atoms with Crippen molar-refractivity contribution < 1.29 is 13.2 Å². The Kier molecular flexibility index (Phi) is 4.76. The first kappa shape index (κ1) is 19.6. The summed E-state index contributed by atoms with van der Waals surface area (Å²) in [5.41, 5.74) is 7.97. The summed E-state index contributed by atoms with van der Waals surface area (Å²) in [5, 5.41) is 2.97. The average Bonchev–Trinajstić information content (AvgIpc) is 3.05. The number of aromatic nitrogens is 5. The molecule has 1 aromatic carbocycles. The second-order valence-electron chi connectivity index (χ2n) is 6.75. The fraction of sp³-hybridized carbons (Fsp3) is 0.200. The Morgan fingerprint density at radius 2 is 1.80 bits per heavy atom. The van der Waals surface area contributed by atoms with Crippen LogP contribution in [0.15, 0.2) is 42.6 Å². The summed E-state index contributed by atoms with van der Waals surface area (Å²) in [6, 6.07) is 8.11. The lowest BCUT2D eigenvalue weighted by molar-refractivity contribution is -0.137. The zero-order valence-electron chi connectivity index (χ0n) is 16.2. The van der Waals surface area contributed by atoms with Crippen LogP contribution >= 0.6 is 0 Å². The standard InChI is InChI=1S/C20H18F3N7/c1-3-17-29-18-14(8-11(2)10-25-18)30(17)19-27-15(24)9-16(28-19)26-13-6-4-12(5-7-13)20(21,22)23/h4-10H,3H2,1-2H3,(H3,24,26,27,28). The van der Waals surface area contributed by atoms with Gasteiger partial charge in [-0.15, -0.1) is 0 Å². The van der Waals surface area contributed by atoms with Crippen LogP contribution in [-0.4, -0.2) is 24.5 Å². The molecule has 0 saturated heterocycles. The van der Waals surface area contributed by atoms with E-state index in [0.717, 1.165) is 23.2 Å². The van der Waals surface area contributed by atoms with Gasteiger partial charge in [0.15, 0.2) is 5.65 Å². The van der Waals surface area contributed by atoms with Crippen LogP contribution in [0.5, 0.6) is 0 Å². The van der Waals surface area contributed by atoms with Crippen molar-refractivity contribution in [2.75, 3.05) is 11.1 Å². The summed E-state index contributed by atoms with van der Waals surface area (Å²) in [7, 11) is 0. The predicted molar refractivity (Wildman–Crippen MR) is 108 cm³/mol. The number of nitrogens with one attached hydrogen (secondary N) is 1. The van der Waals surface area contributed by atoms with Gasteiger partial charge in [0.25, 0.3) is 0 Å². The van der Waals surface area contributed by atoms with Gasteiger partial charge in [-0.1, -0.05) is 6.92 Å². The average molecular weight is 413 g/mol. The normalized spacial score (nSPS) is 11.8. The van der Waals surface area contributed by atoms with Gasteiger partial charge in [0.2, 0.25) is 5.95 Å². The molecule has 4 rings (SSSR count). The van der Waals surface area contributed by atoms with Crippen molar-refractivity contribution in [3.63, 3.8) is 0 Å². The molecule has 0 amide bonds. The zero-order chi connectivity index (χ0) is 21.5. The van der Waals surface area contributed by atoms with Crippen molar-refractivity contribution >= 4 is 28.5 Å². The largest absolute Gasteiger partial charge is 0.416 e. The van der Waals surface area contributed by atoms with Crippen molar-refractivity contribution in [3.8, 4) is 5.95 Å². The number of halogens is 3. The second kappa shape index (κ2) is 7.29. The number of fused-ring (bicyclic) bond motifs is 1. The van der Waals surface area contributed by atoms with Crippen molar-refractivity contribution in [2.24, 2.45) is 0 Å². The van der Waals surface area contributed by atoms with Crippen LogP contribution in [0.4, 0.5) is 30.5 Å². The first-order chi connectivity index (χ1) is 14.2. The summed E-state index contributed by atoms with van der Waals surface area (Å²) >= 11 is 0. The number of nitrogens with zero attached hydrogens (tertiary/aromatic N) is 5. The van der Waals surface area contributed by atoms with Gasteiger partial charge >= 0.3 is 6.18 Å². The first-order valence-electron chi connectivity index (χ1n) is 9.18. The van der Waals surface area contributed by atoms with Gasteiger partial charge in [-0.3, -0.25) is 4.57 Å². The van der Waals surface area contributed by atoms with Crippen LogP contribution < -0.4 is 11.1 Å². The maximum atomic E-state index is 12.8. The molecule has 4 aromatic rings. The number of benzene rings is 1. The molecule has 7 nitrogen and oxygen atoms in total. The van der Waals surface area contributed by atoms with Gasteiger partial charge in [-0.05, 0) is 42.8 Å². The quantitative estimate of drug-likeness (QED) is 0.514. The number of nitrogen functional groups attached to an aromatic ring is 1. The minimum absolute atomic E-state index is 0.207. The second-order valence-corrected chi connectivity index (χ2v) is 6.75. The SMILES string of the molecule is CCc1nc2ncc(C)cc2n1-c1nc(N)cc(Nc2ccc(C(F)(F)F)cc2)n1. The molecule has 0 bridgehead atoms. The fourth-order valence-corrected chi connectivity index (χ4v) is 3.08. The van der Waals surface area contributed by atoms with Crippen molar-refractivity contribution in [1.82, 2.24) is 24.5 Å². The number of rotatable bonds is 4. The van der Waals surface area contributed by atoms with E-state index in [1.807, 2.05) is 19.9 Å². The molecule has 0 radical (unpaired) electrons. The maximum Gasteiger partial charge on any atom is 0.416 e. The number of anilines is 3. The van der Waals surface area contributed by atoms with E-state index in [4.69, 9.17) is 5.73 Å². The third-order valence-corrected chi connectivity index (χ3v) is 4.45. The zero-order valence-corrected chi connectivity index (χ0v) is 16.2. The minimum Gasteiger partial charge on any atom is -0.383 e. The number of hydrogen-bond donors (Lipinski definition) is 2. The Morgan fingerprint density at radius 1 is 1.07 bits per heavy atom. The first-order valence-corrected chi connectivity index (χ1v) is 9.18. The third-order valence-electron chi connectivity index (χ3n) is 4.45. The highest BCUT2D eigenvalue weighted by Crippen LogP contribution is 2.30. The Bertz CT molecular complexity index is 1210. The van der Waals surface area contributed by atoms with Gasteiger partial charge in [0.1, 0.15) is 17.5 Å². The number of alkyl halides is 3. The lowest BCUT2D eigenvalue weighted by atomic mass is 10.2. The molecule has 0 spiro atoms. The van der Waals surface area contributed by atoms with E-state index in [9.17, 15) is 13.2 Å². The molecule has 0 atom stereocenters. The third kappa shape index (κ3) is 3.76. The van der Waals surface area contributed by atoms with Gasteiger partial charge < -0.3 is 11.1 Å². The van der Waals surface area contributed by atoms with E-state index in [-0.39, 0.29) is 5.82 Å². The molecule has 3 heterocycles. The van der Waals surface area contributed by atoms with Crippen LogP contribution in [0.2, 0.25) is 0 Å². The number of imidazole rings is 1. The summed E-state index contributed by atoms with van der Waals surface area (Å²) in [4.78, 5) is 17.7. The van der Waals surface area contributed by atoms with Crippen molar-refractivity contribution in [1.29, 1.82) is 0 Å². The molecule has 0 fully saturated rings. The van der Waals surface area contributed by atoms with E-state index < -0.39 is 11.7 Å². The van der Waals surface area contributed by atoms with Gasteiger partial charge in [-0.25, -0.2) is 9.97 Å².